The third-order valence-electron chi connectivity index (χ3n) is 3.34. The van der Waals surface area contributed by atoms with E-state index < -0.39 is 0 Å². The van der Waals surface area contributed by atoms with Crippen LogP contribution in [0, 0.1) is 0 Å². The highest BCUT2D eigenvalue weighted by Gasteiger charge is 2.24. The molecule has 0 N–H and O–H groups in total. The minimum absolute atomic E-state index is 0.314. The van der Waals surface area contributed by atoms with Crippen molar-refractivity contribution in [2.45, 2.75) is 38.6 Å². The smallest absolute Gasteiger partial charge is 0.223 e. The molecule has 2 nitrogen and oxygen atoms in total. The standard InChI is InChI=1S/C14H19NO/c1-12-6-5-11-15(12)14(16)10-9-13-7-3-2-4-8-13/h2-4,7-8,12H,5-6,9-11H2,1H3. The Bertz CT molecular complexity index is 347. The molecule has 2 heteroatoms. The lowest BCUT2D eigenvalue weighted by molar-refractivity contribution is -0.131. The normalized spacial score (nSPS) is 20.1. The molecule has 1 unspecified atom stereocenters. The summed E-state index contributed by atoms with van der Waals surface area (Å²) in [4.78, 5) is 14.0. The van der Waals surface area contributed by atoms with Crippen LogP contribution in [-0.2, 0) is 11.2 Å². The Morgan fingerprint density at radius 2 is 2.12 bits per heavy atom. The van der Waals surface area contributed by atoms with Gasteiger partial charge in [0.2, 0.25) is 5.91 Å². The molecule has 0 aliphatic carbocycles. The monoisotopic (exact) mass is 217 g/mol. The van der Waals surface area contributed by atoms with E-state index in [1.807, 2.05) is 23.1 Å². The molecule has 0 radical (unpaired) electrons. The molecule has 1 atom stereocenters. The second kappa shape index (κ2) is 5.15. The summed E-state index contributed by atoms with van der Waals surface area (Å²) >= 11 is 0. The predicted octanol–water partition coefficient (Wildman–Crippen LogP) is 2.63. The topological polar surface area (TPSA) is 20.3 Å². The molecule has 0 aromatic heterocycles. The van der Waals surface area contributed by atoms with E-state index in [2.05, 4.69) is 19.1 Å². The number of carbonyl (C=O) groups is 1. The predicted molar refractivity (Wildman–Crippen MR) is 65.2 cm³/mol. The first-order valence-corrected chi connectivity index (χ1v) is 6.11. The van der Waals surface area contributed by atoms with Crippen molar-refractivity contribution in [3.05, 3.63) is 35.9 Å². The minimum Gasteiger partial charge on any atom is -0.340 e. The summed E-state index contributed by atoms with van der Waals surface area (Å²) < 4.78 is 0. The van der Waals surface area contributed by atoms with Crippen LogP contribution in [-0.4, -0.2) is 23.4 Å². The first-order valence-electron chi connectivity index (χ1n) is 6.11. The van der Waals surface area contributed by atoms with Gasteiger partial charge in [-0.15, -0.1) is 0 Å². The number of rotatable bonds is 3. The number of hydrogen-bond donors (Lipinski definition) is 0. The number of hydrogen-bond acceptors (Lipinski definition) is 1. The van der Waals surface area contributed by atoms with E-state index in [0.29, 0.717) is 18.4 Å². The van der Waals surface area contributed by atoms with E-state index in [1.165, 1.54) is 5.56 Å². The van der Waals surface area contributed by atoms with E-state index >= 15 is 0 Å². The van der Waals surface area contributed by atoms with Gasteiger partial charge in [-0.3, -0.25) is 4.79 Å². The number of aryl methyl sites for hydroxylation is 1. The fraction of sp³-hybridized carbons (Fsp3) is 0.500. The molecule has 1 aliphatic rings. The molecular formula is C14H19NO. The second-order valence-corrected chi connectivity index (χ2v) is 4.56. The lowest BCUT2D eigenvalue weighted by Gasteiger charge is -2.21. The van der Waals surface area contributed by atoms with Crippen LogP contribution in [0.4, 0.5) is 0 Å². The van der Waals surface area contributed by atoms with Crippen molar-refractivity contribution in [3.8, 4) is 0 Å². The van der Waals surface area contributed by atoms with Crippen LogP contribution < -0.4 is 0 Å². The molecule has 16 heavy (non-hydrogen) atoms. The van der Waals surface area contributed by atoms with Gasteiger partial charge in [-0.05, 0) is 31.7 Å². The Hall–Kier alpha value is -1.31. The highest BCUT2D eigenvalue weighted by atomic mass is 16.2. The van der Waals surface area contributed by atoms with Crippen LogP contribution in [0.25, 0.3) is 0 Å². The molecule has 2 rings (SSSR count). The van der Waals surface area contributed by atoms with Gasteiger partial charge in [-0.2, -0.15) is 0 Å². The first-order chi connectivity index (χ1) is 7.77. The van der Waals surface area contributed by atoms with E-state index in [-0.39, 0.29) is 0 Å². The molecule has 0 spiro atoms. The van der Waals surface area contributed by atoms with E-state index in [0.717, 1.165) is 25.8 Å². The molecule has 1 aromatic carbocycles. The van der Waals surface area contributed by atoms with Crippen molar-refractivity contribution in [3.63, 3.8) is 0 Å². The fourth-order valence-electron chi connectivity index (χ4n) is 2.34. The Kier molecular flexibility index (Phi) is 3.60. The zero-order valence-electron chi connectivity index (χ0n) is 9.86. The summed E-state index contributed by atoms with van der Waals surface area (Å²) in [5, 5.41) is 0. The lowest BCUT2D eigenvalue weighted by Crippen LogP contribution is -2.33. The Morgan fingerprint density at radius 3 is 2.75 bits per heavy atom. The number of benzene rings is 1. The van der Waals surface area contributed by atoms with E-state index in [1.54, 1.807) is 0 Å². The quantitative estimate of drug-likeness (QED) is 0.762. The number of carbonyl (C=O) groups excluding carboxylic acids is 1. The van der Waals surface area contributed by atoms with Crippen molar-refractivity contribution < 1.29 is 4.79 Å². The molecule has 0 saturated carbocycles. The number of amides is 1. The third kappa shape index (κ3) is 2.63. The highest BCUT2D eigenvalue weighted by Crippen LogP contribution is 2.18. The number of likely N-dealkylation sites (tertiary alicyclic amines) is 1. The SMILES string of the molecule is CC1CCCN1C(=O)CCc1ccccc1. The zero-order chi connectivity index (χ0) is 11.4. The molecule has 1 aromatic rings. The maximum Gasteiger partial charge on any atom is 0.223 e. The average Bonchev–Trinajstić information content (AvgIpc) is 2.74. The summed E-state index contributed by atoms with van der Waals surface area (Å²) in [5.74, 6) is 0.314. The van der Waals surface area contributed by atoms with E-state index in [9.17, 15) is 4.79 Å². The van der Waals surface area contributed by atoms with Crippen molar-refractivity contribution in [2.75, 3.05) is 6.54 Å². The summed E-state index contributed by atoms with van der Waals surface area (Å²) in [6, 6.07) is 10.7. The largest absolute Gasteiger partial charge is 0.340 e. The van der Waals surface area contributed by atoms with Crippen LogP contribution in [0.15, 0.2) is 30.3 Å². The summed E-state index contributed by atoms with van der Waals surface area (Å²) in [6.07, 6.45) is 3.84. The van der Waals surface area contributed by atoms with Crippen LogP contribution in [0.2, 0.25) is 0 Å². The maximum atomic E-state index is 12.0. The molecule has 1 aliphatic heterocycles. The van der Waals surface area contributed by atoms with Crippen molar-refractivity contribution >= 4 is 5.91 Å². The van der Waals surface area contributed by atoms with Gasteiger partial charge in [0.05, 0.1) is 0 Å². The van der Waals surface area contributed by atoms with Gasteiger partial charge in [0.15, 0.2) is 0 Å². The van der Waals surface area contributed by atoms with Crippen molar-refractivity contribution in [1.29, 1.82) is 0 Å². The molecule has 1 fully saturated rings. The van der Waals surface area contributed by atoms with Gasteiger partial charge in [0.1, 0.15) is 0 Å². The van der Waals surface area contributed by atoms with Crippen LogP contribution in [0.3, 0.4) is 0 Å². The Morgan fingerprint density at radius 1 is 1.38 bits per heavy atom. The van der Waals surface area contributed by atoms with Gasteiger partial charge in [-0.25, -0.2) is 0 Å². The summed E-state index contributed by atoms with van der Waals surface area (Å²) in [7, 11) is 0. The minimum atomic E-state index is 0.314. The Balaban J connectivity index is 1.84. The van der Waals surface area contributed by atoms with Crippen molar-refractivity contribution in [1.82, 2.24) is 4.90 Å². The molecule has 1 saturated heterocycles. The van der Waals surface area contributed by atoms with Gasteiger partial charge in [0, 0.05) is 19.0 Å². The lowest BCUT2D eigenvalue weighted by atomic mass is 10.1. The highest BCUT2D eigenvalue weighted by molar-refractivity contribution is 5.77. The third-order valence-corrected chi connectivity index (χ3v) is 3.34. The molecular weight excluding hydrogens is 198 g/mol. The second-order valence-electron chi connectivity index (χ2n) is 4.56. The summed E-state index contributed by atoms with van der Waals surface area (Å²) in [5.41, 5.74) is 1.25. The van der Waals surface area contributed by atoms with Gasteiger partial charge in [0.25, 0.3) is 0 Å². The zero-order valence-corrected chi connectivity index (χ0v) is 9.86. The van der Waals surface area contributed by atoms with Crippen LogP contribution >= 0.6 is 0 Å². The van der Waals surface area contributed by atoms with Crippen LogP contribution in [0.5, 0.6) is 0 Å². The Labute approximate surface area is 97.3 Å². The van der Waals surface area contributed by atoms with Crippen molar-refractivity contribution in [2.24, 2.45) is 0 Å². The average molecular weight is 217 g/mol. The number of nitrogens with zero attached hydrogens (tertiary/aromatic N) is 1. The van der Waals surface area contributed by atoms with E-state index in [4.69, 9.17) is 0 Å². The first kappa shape index (κ1) is 11.2. The molecule has 86 valence electrons. The molecule has 1 amide bonds. The molecule has 0 bridgehead atoms. The van der Waals surface area contributed by atoms with Gasteiger partial charge in [-0.1, -0.05) is 30.3 Å². The van der Waals surface area contributed by atoms with Gasteiger partial charge < -0.3 is 4.90 Å². The maximum absolute atomic E-state index is 12.0. The van der Waals surface area contributed by atoms with Crippen LogP contribution in [0.1, 0.15) is 31.7 Å². The fourth-order valence-corrected chi connectivity index (χ4v) is 2.34. The molecule has 1 heterocycles. The summed E-state index contributed by atoms with van der Waals surface area (Å²) in [6.45, 7) is 3.10. The van der Waals surface area contributed by atoms with Gasteiger partial charge >= 0.3 is 0 Å².